The molecular weight excluding hydrogens is 377 g/mol. The highest BCUT2D eigenvalue weighted by molar-refractivity contribution is 5.72. The Morgan fingerprint density at radius 1 is 1.14 bits per heavy atom. The van der Waals surface area contributed by atoms with Gasteiger partial charge in [0.1, 0.15) is 5.75 Å². The van der Waals surface area contributed by atoms with Gasteiger partial charge in [0.15, 0.2) is 7.14 Å². The number of carbonyl (C=O) groups excluding carboxylic acids is 1. The van der Waals surface area contributed by atoms with E-state index in [0.29, 0.717) is 6.54 Å². The Balaban J connectivity index is 2.06. The van der Waals surface area contributed by atoms with Gasteiger partial charge >= 0.3 is 21.2 Å². The van der Waals surface area contributed by atoms with Gasteiger partial charge in [0, 0.05) is 19.0 Å². The van der Waals surface area contributed by atoms with E-state index < -0.39 is 0 Å². The van der Waals surface area contributed by atoms with E-state index in [1.54, 1.807) is 14.0 Å². The minimum Gasteiger partial charge on any atom is -0.497 e. The van der Waals surface area contributed by atoms with Crippen LogP contribution in [0.15, 0.2) is 48.5 Å². The van der Waals surface area contributed by atoms with E-state index in [1.165, 1.54) is 12.7 Å². The number of rotatable bonds is 6. The largest absolute Gasteiger partial charge is 0.497 e. The maximum absolute atomic E-state index is 11.0. The van der Waals surface area contributed by atoms with Crippen molar-refractivity contribution in [3.8, 4) is 5.75 Å². The summed E-state index contributed by atoms with van der Waals surface area (Å²) in [6, 6.07) is 16.8. The molecule has 0 bridgehead atoms. The lowest BCUT2D eigenvalue weighted by molar-refractivity contribution is -0.598. The van der Waals surface area contributed by atoms with Crippen molar-refractivity contribution in [3.63, 3.8) is 0 Å². The molecule has 1 N–H and O–H groups in total. The molecule has 21 heavy (non-hydrogen) atoms. The first-order valence-corrected chi connectivity index (χ1v) is 8.96. The summed E-state index contributed by atoms with van der Waals surface area (Å²) in [7, 11) is 1.68. The molecule has 0 unspecified atom stereocenters. The van der Waals surface area contributed by atoms with E-state index in [0.717, 1.165) is 12.2 Å². The topological polar surface area (TPSA) is 38.3 Å². The van der Waals surface area contributed by atoms with Crippen molar-refractivity contribution in [2.45, 2.75) is 13.3 Å². The molecule has 0 aromatic heterocycles. The van der Waals surface area contributed by atoms with Crippen molar-refractivity contribution in [1.82, 2.24) is 5.32 Å². The van der Waals surface area contributed by atoms with Crippen LogP contribution in [0.4, 0.5) is 0 Å². The van der Waals surface area contributed by atoms with Crippen molar-refractivity contribution in [3.05, 3.63) is 61.2 Å². The molecule has 0 heterocycles. The highest BCUT2D eigenvalue weighted by Crippen LogP contribution is 2.06. The van der Waals surface area contributed by atoms with Gasteiger partial charge in [-0.2, -0.15) is 0 Å². The summed E-state index contributed by atoms with van der Waals surface area (Å²) in [4.78, 5) is 11.0. The highest BCUT2D eigenvalue weighted by Gasteiger charge is 2.19. The minimum absolute atomic E-state index is 0.0253. The summed E-state index contributed by atoms with van der Waals surface area (Å²) in [5.74, 6) is 0.916. The summed E-state index contributed by atoms with van der Waals surface area (Å²) < 4.78 is 7.96. The van der Waals surface area contributed by atoms with Crippen LogP contribution in [0.25, 0.3) is 0 Å². The molecule has 3 nitrogen and oxygen atoms in total. The number of ether oxygens (including phenoxy) is 1. The maximum Gasteiger partial charge on any atom is 0.358 e. The highest BCUT2D eigenvalue weighted by atomic mass is 127. The molecule has 0 fully saturated rings. The summed E-state index contributed by atoms with van der Waals surface area (Å²) in [6.45, 7) is 2.24. The third-order valence-electron chi connectivity index (χ3n) is 2.99. The molecule has 0 radical (unpaired) electrons. The van der Waals surface area contributed by atoms with Gasteiger partial charge in [0.05, 0.1) is 7.11 Å². The molecule has 0 saturated carbocycles. The van der Waals surface area contributed by atoms with E-state index in [-0.39, 0.29) is 27.1 Å². The standard InChI is InChI=1S/C17H18INO2/c1-13(20)19-12-11-14-5-3-4-6-17(14)18-15-7-9-16(21-2)10-8-15/h3-10H,11-12H2,1-2H3/p+1. The summed E-state index contributed by atoms with van der Waals surface area (Å²) in [5.41, 5.74) is 1.33. The van der Waals surface area contributed by atoms with Crippen LogP contribution >= 0.6 is 0 Å². The molecule has 2 aromatic rings. The van der Waals surface area contributed by atoms with Crippen LogP contribution in [-0.4, -0.2) is 19.6 Å². The van der Waals surface area contributed by atoms with E-state index in [1.807, 2.05) is 12.1 Å². The van der Waals surface area contributed by atoms with Gasteiger partial charge in [-0.05, 0) is 36.8 Å². The Hall–Kier alpha value is -1.56. The van der Waals surface area contributed by atoms with Crippen LogP contribution in [0.3, 0.4) is 0 Å². The predicted octanol–water partition coefficient (Wildman–Crippen LogP) is -0.498. The van der Waals surface area contributed by atoms with Crippen LogP contribution < -0.4 is 31.3 Å². The third kappa shape index (κ3) is 5.04. The average molecular weight is 396 g/mol. The molecule has 0 saturated heterocycles. The summed E-state index contributed by atoms with van der Waals surface area (Å²) in [5, 5.41) is 2.86. The number of methoxy groups -OCH3 is 1. The third-order valence-corrected chi connectivity index (χ3v) is 5.96. The van der Waals surface area contributed by atoms with Crippen molar-refractivity contribution in [2.75, 3.05) is 13.7 Å². The zero-order chi connectivity index (χ0) is 15.1. The first-order valence-electron chi connectivity index (χ1n) is 6.80. The smallest absolute Gasteiger partial charge is 0.358 e. The van der Waals surface area contributed by atoms with Gasteiger partial charge in [-0.15, -0.1) is 0 Å². The first kappa shape index (κ1) is 15.8. The van der Waals surface area contributed by atoms with Crippen LogP contribution in [0.5, 0.6) is 5.75 Å². The van der Waals surface area contributed by atoms with Gasteiger partial charge in [-0.3, -0.25) is 4.79 Å². The molecule has 0 aliphatic carbocycles. The molecule has 0 spiro atoms. The van der Waals surface area contributed by atoms with E-state index in [4.69, 9.17) is 4.74 Å². The Kier molecular flexibility index (Phi) is 6.04. The zero-order valence-electron chi connectivity index (χ0n) is 12.2. The van der Waals surface area contributed by atoms with Crippen LogP contribution in [0, 0.1) is 7.14 Å². The summed E-state index contributed by atoms with van der Waals surface area (Å²) >= 11 is -0.213. The Morgan fingerprint density at radius 3 is 2.52 bits per heavy atom. The molecule has 110 valence electrons. The fourth-order valence-corrected chi connectivity index (χ4v) is 4.49. The van der Waals surface area contributed by atoms with Crippen LogP contribution in [-0.2, 0) is 11.2 Å². The molecule has 4 heteroatoms. The second kappa shape index (κ2) is 8.02. The predicted molar refractivity (Wildman–Crippen MR) is 79.2 cm³/mol. The second-order valence-corrected chi connectivity index (χ2v) is 7.52. The average Bonchev–Trinajstić information content (AvgIpc) is 2.49. The minimum atomic E-state index is -0.213. The normalized spacial score (nSPS) is 10.2. The van der Waals surface area contributed by atoms with E-state index in [9.17, 15) is 4.79 Å². The Bertz CT molecular complexity index is 596. The van der Waals surface area contributed by atoms with Crippen LogP contribution in [0.1, 0.15) is 12.5 Å². The van der Waals surface area contributed by atoms with Crippen LogP contribution in [0.2, 0.25) is 0 Å². The number of benzene rings is 2. The van der Waals surface area contributed by atoms with Gasteiger partial charge in [-0.25, -0.2) is 0 Å². The number of nitrogens with one attached hydrogen (secondary N) is 1. The number of hydrogen-bond donors (Lipinski definition) is 1. The summed E-state index contributed by atoms with van der Waals surface area (Å²) in [6.07, 6.45) is 0.881. The lowest BCUT2D eigenvalue weighted by Crippen LogP contribution is -3.61. The van der Waals surface area contributed by atoms with E-state index >= 15 is 0 Å². The number of carbonyl (C=O) groups is 1. The Morgan fingerprint density at radius 2 is 1.86 bits per heavy atom. The molecule has 2 rings (SSSR count). The molecule has 0 atom stereocenters. The fourth-order valence-electron chi connectivity index (χ4n) is 1.92. The van der Waals surface area contributed by atoms with Gasteiger partial charge < -0.3 is 10.1 Å². The van der Waals surface area contributed by atoms with Crippen molar-refractivity contribution in [1.29, 1.82) is 0 Å². The van der Waals surface area contributed by atoms with Gasteiger partial charge in [0.25, 0.3) is 0 Å². The maximum atomic E-state index is 11.0. The number of halogens is 1. The van der Waals surface area contributed by atoms with Gasteiger partial charge in [0.2, 0.25) is 5.91 Å². The fraction of sp³-hybridized carbons (Fsp3) is 0.235. The molecule has 1 amide bonds. The quantitative estimate of drug-likeness (QED) is 0.669. The lowest BCUT2D eigenvalue weighted by Gasteiger charge is -2.02. The number of hydrogen-bond acceptors (Lipinski definition) is 2. The second-order valence-electron chi connectivity index (χ2n) is 4.58. The molecule has 0 aliphatic heterocycles. The van der Waals surface area contributed by atoms with Gasteiger partial charge in [-0.1, -0.05) is 18.2 Å². The Labute approximate surface area is 136 Å². The number of amides is 1. The SMILES string of the molecule is COc1ccc([I+]c2ccccc2CCNC(C)=O)cc1. The lowest BCUT2D eigenvalue weighted by atomic mass is 10.1. The van der Waals surface area contributed by atoms with Crippen molar-refractivity contribution >= 4 is 5.91 Å². The molecule has 0 aliphatic rings. The van der Waals surface area contributed by atoms with Crippen molar-refractivity contribution < 1.29 is 30.7 Å². The van der Waals surface area contributed by atoms with E-state index in [2.05, 4.69) is 41.7 Å². The molecular formula is C17H19INO2+. The van der Waals surface area contributed by atoms with Crippen molar-refractivity contribution in [2.24, 2.45) is 0 Å². The monoisotopic (exact) mass is 396 g/mol. The first-order chi connectivity index (χ1) is 10.2. The zero-order valence-corrected chi connectivity index (χ0v) is 14.4. The molecule has 2 aromatic carbocycles.